The van der Waals surface area contributed by atoms with E-state index in [2.05, 4.69) is 70.8 Å². The van der Waals surface area contributed by atoms with Crippen LogP contribution in [0.3, 0.4) is 0 Å². The minimum absolute atomic E-state index is 0.557. The zero-order valence-corrected chi connectivity index (χ0v) is 15.3. The van der Waals surface area contributed by atoms with Crippen molar-refractivity contribution in [2.45, 2.75) is 45.6 Å². The highest BCUT2D eigenvalue weighted by molar-refractivity contribution is 9.10. The van der Waals surface area contributed by atoms with E-state index in [4.69, 9.17) is 0 Å². The molecule has 2 aromatic rings. The molecule has 1 heterocycles. The monoisotopic (exact) mass is 365 g/mol. The van der Waals surface area contributed by atoms with Gasteiger partial charge in [0.25, 0.3) is 0 Å². The van der Waals surface area contributed by atoms with Gasteiger partial charge in [0, 0.05) is 15.4 Å². The van der Waals surface area contributed by atoms with Crippen molar-refractivity contribution in [1.29, 1.82) is 0 Å². The van der Waals surface area contributed by atoms with Gasteiger partial charge in [-0.3, -0.25) is 0 Å². The second-order valence-electron chi connectivity index (χ2n) is 5.57. The molecule has 2 rings (SSSR count). The van der Waals surface area contributed by atoms with Crippen LogP contribution in [0.1, 0.15) is 35.8 Å². The van der Waals surface area contributed by atoms with E-state index in [9.17, 15) is 0 Å². The lowest BCUT2D eigenvalue weighted by Crippen LogP contribution is -2.32. The average molecular weight is 366 g/mol. The Morgan fingerprint density at radius 3 is 2.57 bits per heavy atom. The summed E-state index contributed by atoms with van der Waals surface area (Å²) in [5.41, 5.74) is 2.77. The number of rotatable bonds is 8. The molecule has 0 saturated heterocycles. The van der Waals surface area contributed by atoms with Crippen molar-refractivity contribution in [3.63, 3.8) is 0 Å². The van der Waals surface area contributed by atoms with Gasteiger partial charge in [-0.25, -0.2) is 0 Å². The molecule has 0 aliphatic heterocycles. The van der Waals surface area contributed by atoms with E-state index in [1.165, 1.54) is 33.3 Å². The van der Waals surface area contributed by atoms with E-state index in [0.717, 1.165) is 19.4 Å². The van der Waals surface area contributed by atoms with E-state index < -0.39 is 0 Å². The highest BCUT2D eigenvalue weighted by atomic mass is 79.9. The van der Waals surface area contributed by atoms with Gasteiger partial charge in [-0.2, -0.15) is 0 Å². The molecular weight excluding hydrogens is 342 g/mol. The van der Waals surface area contributed by atoms with Gasteiger partial charge in [-0.05, 0) is 72.1 Å². The average Bonchev–Trinajstić information content (AvgIpc) is 2.89. The first-order valence-electron chi connectivity index (χ1n) is 7.70. The molecule has 1 unspecified atom stereocenters. The molecule has 0 aliphatic carbocycles. The Kier molecular flexibility index (Phi) is 6.94. The normalized spacial score (nSPS) is 12.5. The van der Waals surface area contributed by atoms with E-state index in [0.29, 0.717) is 6.04 Å². The van der Waals surface area contributed by atoms with Crippen LogP contribution in [0.15, 0.2) is 40.2 Å². The summed E-state index contributed by atoms with van der Waals surface area (Å²) in [6.07, 6.45) is 4.63. The van der Waals surface area contributed by atoms with Gasteiger partial charge in [0.2, 0.25) is 0 Å². The number of benzene rings is 1. The topological polar surface area (TPSA) is 12.0 Å². The Bertz CT molecular complexity index is 532. The predicted octanol–water partition coefficient (Wildman–Crippen LogP) is 5.36. The molecule has 114 valence electrons. The molecule has 0 spiro atoms. The SMILES string of the molecule is CCCNC(CCc1ccc(C)cc1)Cc1sccc1Br. The summed E-state index contributed by atoms with van der Waals surface area (Å²) in [5.74, 6) is 0. The first kappa shape index (κ1) is 16.7. The van der Waals surface area contributed by atoms with Crippen LogP contribution in [-0.2, 0) is 12.8 Å². The molecule has 0 radical (unpaired) electrons. The lowest BCUT2D eigenvalue weighted by Gasteiger charge is -2.18. The van der Waals surface area contributed by atoms with E-state index in [-0.39, 0.29) is 0 Å². The summed E-state index contributed by atoms with van der Waals surface area (Å²) in [7, 11) is 0. The molecule has 0 aliphatic rings. The van der Waals surface area contributed by atoms with Crippen molar-refractivity contribution >= 4 is 27.3 Å². The number of hydrogen-bond acceptors (Lipinski definition) is 2. The smallest absolute Gasteiger partial charge is 0.0314 e. The molecule has 0 amide bonds. The van der Waals surface area contributed by atoms with Crippen molar-refractivity contribution in [1.82, 2.24) is 5.32 Å². The van der Waals surface area contributed by atoms with Gasteiger partial charge in [-0.1, -0.05) is 36.8 Å². The Morgan fingerprint density at radius 2 is 1.95 bits per heavy atom. The molecule has 1 aromatic heterocycles. The van der Waals surface area contributed by atoms with Crippen molar-refractivity contribution in [3.8, 4) is 0 Å². The van der Waals surface area contributed by atoms with Crippen molar-refractivity contribution in [3.05, 3.63) is 56.2 Å². The summed E-state index contributed by atoms with van der Waals surface area (Å²) < 4.78 is 1.26. The number of aryl methyl sites for hydroxylation is 2. The van der Waals surface area contributed by atoms with Crippen LogP contribution in [0.2, 0.25) is 0 Å². The summed E-state index contributed by atoms with van der Waals surface area (Å²) in [4.78, 5) is 1.45. The Morgan fingerprint density at radius 1 is 1.19 bits per heavy atom. The molecule has 1 nitrogen and oxygen atoms in total. The minimum atomic E-state index is 0.557. The first-order valence-corrected chi connectivity index (χ1v) is 9.37. The number of halogens is 1. The quantitative estimate of drug-likeness (QED) is 0.663. The molecule has 0 bridgehead atoms. The minimum Gasteiger partial charge on any atom is -0.314 e. The van der Waals surface area contributed by atoms with Crippen LogP contribution in [-0.4, -0.2) is 12.6 Å². The van der Waals surface area contributed by atoms with Gasteiger partial charge in [0.15, 0.2) is 0 Å². The van der Waals surface area contributed by atoms with Gasteiger partial charge in [0.1, 0.15) is 0 Å². The summed E-state index contributed by atoms with van der Waals surface area (Å²) >= 11 is 5.50. The van der Waals surface area contributed by atoms with Crippen LogP contribution in [0.4, 0.5) is 0 Å². The van der Waals surface area contributed by atoms with Crippen LogP contribution < -0.4 is 5.32 Å². The van der Waals surface area contributed by atoms with Gasteiger partial charge >= 0.3 is 0 Å². The fraction of sp³-hybridized carbons (Fsp3) is 0.444. The van der Waals surface area contributed by atoms with Crippen molar-refractivity contribution in [2.75, 3.05) is 6.54 Å². The zero-order valence-electron chi connectivity index (χ0n) is 12.9. The maximum absolute atomic E-state index is 3.70. The molecule has 21 heavy (non-hydrogen) atoms. The molecule has 0 fully saturated rings. The maximum Gasteiger partial charge on any atom is 0.0314 e. The Hall–Kier alpha value is -0.640. The lowest BCUT2D eigenvalue weighted by atomic mass is 10.0. The van der Waals surface area contributed by atoms with Gasteiger partial charge in [0.05, 0.1) is 0 Å². The molecule has 0 saturated carbocycles. The molecule has 1 atom stereocenters. The summed E-state index contributed by atoms with van der Waals surface area (Å²) in [6.45, 7) is 5.47. The number of thiophene rings is 1. The lowest BCUT2D eigenvalue weighted by molar-refractivity contribution is 0.479. The summed E-state index contributed by atoms with van der Waals surface area (Å²) in [5, 5.41) is 5.87. The maximum atomic E-state index is 3.70. The second-order valence-corrected chi connectivity index (χ2v) is 7.43. The standard InChI is InChI=1S/C18H24BrNS/c1-3-11-20-16(13-18-17(19)10-12-21-18)9-8-15-6-4-14(2)5-7-15/h4-7,10,12,16,20H,3,8-9,11,13H2,1-2H3. The molecular formula is C18H24BrNS. The zero-order chi connectivity index (χ0) is 15.1. The molecule has 3 heteroatoms. The fourth-order valence-corrected chi connectivity index (χ4v) is 4.01. The number of hydrogen-bond donors (Lipinski definition) is 1. The van der Waals surface area contributed by atoms with Crippen LogP contribution >= 0.6 is 27.3 Å². The second kappa shape index (κ2) is 8.72. The van der Waals surface area contributed by atoms with Crippen LogP contribution in [0.25, 0.3) is 0 Å². The molecule has 1 N–H and O–H groups in total. The first-order chi connectivity index (χ1) is 10.2. The largest absolute Gasteiger partial charge is 0.314 e. The summed E-state index contributed by atoms with van der Waals surface area (Å²) in [6, 6.07) is 11.6. The predicted molar refractivity (Wildman–Crippen MR) is 97.3 cm³/mol. The highest BCUT2D eigenvalue weighted by Gasteiger charge is 2.12. The van der Waals surface area contributed by atoms with Crippen LogP contribution in [0.5, 0.6) is 0 Å². The molecule has 1 aromatic carbocycles. The highest BCUT2D eigenvalue weighted by Crippen LogP contribution is 2.25. The van der Waals surface area contributed by atoms with E-state index in [1.807, 2.05) is 11.3 Å². The van der Waals surface area contributed by atoms with Crippen molar-refractivity contribution in [2.24, 2.45) is 0 Å². The van der Waals surface area contributed by atoms with E-state index >= 15 is 0 Å². The van der Waals surface area contributed by atoms with Gasteiger partial charge < -0.3 is 5.32 Å². The van der Waals surface area contributed by atoms with E-state index in [1.54, 1.807) is 0 Å². The van der Waals surface area contributed by atoms with Crippen LogP contribution in [0, 0.1) is 6.92 Å². The van der Waals surface area contributed by atoms with Crippen molar-refractivity contribution < 1.29 is 0 Å². The Labute approximate surface area is 140 Å². The third-order valence-electron chi connectivity index (χ3n) is 3.71. The third-order valence-corrected chi connectivity index (χ3v) is 5.66. The fourth-order valence-electron chi connectivity index (χ4n) is 2.41. The van der Waals surface area contributed by atoms with Gasteiger partial charge in [-0.15, -0.1) is 11.3 Å². The number of nitrogens with one attached hydrogen (secondary N) is 1. The Balaban J connectivity index is 1.92. The third kappa shape index (κ3) is 5.57.